The van der Waals surface area contributed by atoms with Crippen molar-refractivity contribution in [2.75, 3.05) is 11.5 Å². The van der Waals surface area contributed by atoms with Crippen molar-refractivity contribution in [2.24, 2.45) is 0 Å². The summed E-state index contributed by atoms with van der Waals surface area (Å²) in [6.07, 6.45) is 1.59. The first-order valence-electron chi connectivity index (χ1n) is 6.07. The normalized spacial score (nSPS) is 12.1. The summed E-state index contributed by atoms with van der Waals surface area (Å²) >= 11 is 4.80. The number of carbonyl (C=O) groups excluding carboxylic acids is 1. The first-order chi connectivity index (χ1) is 9.56. The zero-order chi connectivity index (χ0) is 14.5. The van der Waals surface area contributed by atoms with Crippen molar-refractivity contribution < 1.29 is 9.21 Å². The molecule has 1 unspecified atom stereocenters. The molecule has 0 aliphatic carbocycles. The van der Waals surface area contributed by atoms with Crippen LogP contribution in [-0.2, 0) is 4.79 Å². The molecular weight excluding hydrogens is 340 g/mol. The Kier molecular flexibility index (Phi) is 5.14. The number of nitrogens with one attached hydrogen (secondary N) is 1. The highest BCUT2D eigenvalue weighted by molar-refractivity contribution is 9.10. The third-order valence-electron chi connectivity index (χ3n) is 2.68. The second-order valence-corrected chi connectivity index (χ2v) is 6.21. The van der Waals surface area contributed by atoms with Gasteiger partial charge in [0.25, 0.3) is 0 Å². The summed E-state index contributed by atoms with van der Waals surface area (Å²) in [7, 11) is 0. The lowest BCUT2D eigenvalue weighted by molar-refractivity contribution is -0.119. The number of hydrogen-bond acceptors (Lipinski definition) is 4. The quantitative estimate of drug-likeness (QED) is 0.635. The second kappa shape index (κ2) is 6.85. The Bertz CT molecular complexity index is 587. The van der Waals surface area contributed by atoms with Gasteiger partial charge in [-0.05, 0) is 37.3 Å². The van der Waals surface area contributed by atoms with Crippen LogP contribution >= 0.6 is 27.7 Å². The Morgan fingerprint density at radius 2 is 2.30 bits per heavy atom. The average molecular weight is 355 g/mol. The van der Waals surface area contributed by atoms with Gasteiger partial charge in [-0.3, -0.25) is 4.79 Å². The van der Waals surface area contributed by atoms with Gasteiger partial charge in [0.15, 0.2) is 0 Å². The van der Waals surface area contributed by atoms with Crippen LogP contribution in [0.15, 0.2) is 50.4 Å². The lowest BCUT2D eigenvalue weighted by Gasteiger charge is -2.11. The third-order valence-corrected chi connectivity index (χ3v) is 4.25. The van der Waals surface area contributed by atoms with Gasteiger partial charge in [0, 0.05) is 15.1 Å². The Labute approximate surface area is 130 Å². The van der Waals surface area contributed by atoms with Crippen LogP contribution in [0.2, 0.25) is 0 Å². The Hall–Kier alpha value is -1.40. The van der Waals surface area contributed by atoms with Crippen LogP contribution in [0, 0.1) is 0 Å². The zero-order valence-electron chi connectivity index (χ0n) is 10.9. The minimum Gasteiger partial charge on any atom is -0.467 e. The topological polar surface area (TPSA) is 68.3 Å². The maximum absolute atomic E-state index is 11.9. The third kappa shape index (κ3) is 4.05. The van der Waals surface area contributed by atoms with E-state index in [1.807, 2.05) is 31.2 Å². The highest BCUT2D eigenvalue weighted by atomic mass is 79.9. The highest BCUT2D eigenvalue weighted by Gasteiger charge is 2.12. The first-order valence-corrected chi connectivity index (χ1v) is 7.84. The molecular formula is C14H15BrN2O2S. The summed E-state index contributed by atoms with van der Waals surface area (Å²) in [5.41, 5.74) is 6.54. The van der Waals surface area contributed by atoms with E-state index in [9.17, 15) is 4.79 Å². The van der Waals surface area contributed by atoms with E-state index in [4.69, 9.17) is 10.2 Å². The summed E-state index contributed by atoms with van der Waals surface area (Å²) in [6.45, 7) is 1.88. The number of anilines is 1. The molecule has 4 nitrogen and oxygen atoms in total. The molecule has 0 aliphatic heterocycles. The average Bonchev–Trinajstić information content (AvgIpc) is 2.94. The van der Waals surface area contributed by atoms with E-state index in [-0.39, 0.29) is 11.9 Å². The molecule has 3 N–H and O–H groups in total. The van der Waals surface area contributed by atoms with Gasteiger partial charge in [-0.25, -0.2) is 0 Å². The standard InChI is InChI=1S/C14H15BrN2O2S/c1-9(12-3-2-6-19-12)17-14(18)8-20-13-7-10(15)4-5-11(13)16/h2-7,9H,8,16H2,1H3,(H,17,18). The highest BCUT2D eigenvalue weighted by Crippen LogP contribution is 2.28. The molecule has 0 spiro atoms. The molecule has 0 bridgehead atoms. The molecule has 0 aliphatic rings. The minimum absolute atomic E-state index is 0.0572. The lowest BCUT2D eigenvalue weighted by Crippen LogP contribution is -2.27. The Morgan fingerprint density at radius 1 is 1.50 bits per heavy atom. The van der Waals surface area contributed by atoms with Gasteiger partial charge < -0.3 is 15.5 Å². The molecule has 6 heteroatoms. The van der Waals surface area contributed by atoms with Crippen LogP contribution in [0.5, 0.6) is 0 Å². The largest absolute Gasteiger partial charge is 0.467 e. The molecule has 2 rings (SSSR count). The van der Waals surface area contributed by atoms with Crippen molar-refractivity contribution in [2.45, 2.75) is 17.9 Å². The van der Waals surface area contributed by atoms with Crippen molar-refractivity contribution in [3.8, 4) is 0 Å². The number of hydrogen-bond donors (Lipinski definition) is 2. The molecule has 1 heterocycles. The summed E-state index contributed by atoms with van der Waals surface area (Å²) in [5, 5.41) is 2.88. The number of carbonyl (C=O) groups is 1. The SMILES string of the molecule is CC(NC(=O)CSc1cc(Br)ccc1N)c1ccco1. The second-order valence-electron chi connectivity index (χ2n) is 4.28. The number of halogens is 1. The molecule has 0 saturated carbocycles. The molecule has 1 aromatic heterocycles. The van der Waals surface area contributed by atoms with Crippen LogP contribution in [0.25, 0.3) is 0 Å². The van der Waals surface area contributed by atoms with E-state index < -0.39 is 0 Å². The summed E-state index contributed by atoms with van der Waals surface area (Å²) in [6, 6.07) is 9.09. The van der Waals surface area contributed by atoms with Gasteiger partial charge in [-0.15, -0.1) is 11.8 Å². The summed E-state index contributed by atoms with van der Waals surface area (Å²) in [5.74, 6) is 0.995. The fourth-order valence-electron chi connectivity index (χ4n) is 1.67. The summed E-state index contributed by atoms with van der Waals surface area (Å²) in [4.78, 5) is 12.8. The van der Waals surface area contributed by atoms with Crippen molar-refractivity contribution in [1.29, 1.82) is 0 Å². The number of nitrogens with two attached hydrogens (primary N) is 1. The number of thioether (sulfide) groups is 1. The Morgan fingerprint density at radius 3 is 3.00 bits per heavy atom. The molecule has 2 aromatic rings. The lowest BCUT2D eigenvalue weighted by atomic mass is 10.2. The van der Waals surface area contributed by atoms with Gasteiger partial charge in [-0.2, -0.15) is 0 Å². The summed E-state index contributed by atoms with van der Waals surface area (Å²) < 4.78 is 6.19. The number of amides is 1. The van der Waals surface area contributed by atoms with Gasteiger partial charge in [0.2, 0.25) is 5.91 Å². The predicted molar refractivity (Wildman–Crippen MR) is 84.5 cm³/mol. The zero-order valence-corrected chi connectivity index (χ0v) is 13.3. The van der Waals surface area contributed by atoms with E-state index in [0.29, 0.717) is 11.4 Å². The van der Waals surface area contributed by atoms with Gasteiger partial charge >= 0.3 is 0 Å². The van der Waals surface area contributed by atoms with Crippen molar-refractivity contribution in [3.05, 3.63) is 46.8 Å². The van der Waals surface area contributed by atoms with Crippen LogP contribution in [0.1, 0.15) is 18.7 Å². The maximum atomic E-state index is 11.9. The molecule has 1 amide bonds. The van der Waals surface area contributed by atoms with Crippen molar-refractivity contribution >= 4 is 39.3 Å². The van der Waals surface area contributed by atoms with E-state index in [1.165, 1.54) is 11.8 Å². The molecule has 20 heavy (non-hydrogen) atoms. The van der Waals surface area contributed by atoms with Crippen LogP contribution in [0.3, 0.4) is 0 Å². The van der Waals surface area contributed by atoms with E-state index in [1.54, 1.807) is 12.3 Å². The molecule has 0 radical (unpaired) electrons. The van der Waals surface area contributed by atoms with Crippen molar-refractivity contribution in [3.63, 3.8) is 0 Å². The predicted octanol–water partition coefficient (Wildman–Crippen LogP) is 3.59. The molecule has 0 saturated heterocycles. The van der Waals surface area contributed by atoms with Crippen LogP contribution < -0.4 is 11.1 Å². The van der Waals surface area contributed by atoms with Crippen molar-refractivity contribution in [1.82, 2.24) is 5.32 Å². The fraction of sp³-hybridized carbons (Fsp3) is 0.214. The molecule has 1 aromatic carbocycles. The number of nitrogen functional groups attached to an aromatic ring is 1. The molecule has 0 fully saturated rings. The molecule has 1 atom stereocenters. The number of benzene rings is 1. The first kappa shape index (κ1) is 15.0. The van der Waals surface area contributed by atoms with Crippen LogP contribution in [-0.4, -0.2) is 11.7 Å². The number of rotatable bonds is 5. The number of furan rings is 1. The Balaban J connectivity index is 1.87. The smallest absolute Gasteiger partial charge is 0.230 e. The monoisotopic (exact) mass is 354 g/mol. The van der Waals surface area contributed by atoms with Crippen LogP contribution in [0.4, 0.5) is 5.69 Å². The van der Waals surface area contributed by atoms with Gasteiger partial charge in [0.05, 0.1) is 18.1 Å². The fourth-order valence-corrected chi connectivity index (χ4v) is 3.00. The van der Waals surface area contributed by atoms with E-state index >= 15 is 0 Å². The minimum atomic E-state index is -0.141. The van der Waals surface area contributed by atoms with E-state index in [2.05, 4.69) is 21.2 Å². The van der Waals surface area contributed by atoms with E-state index in [0.717, 1.165) is 15.1 Å². The maximum Gasteiger partial charge on any atom is 0.230 e. The molecule has 106 valence electrons. The van der Waals surface area contributed by atoms with Gasteiger partial charge in [-0.1, -0.05) is 15.9 Å². The van der Waals surface area contributed by atoms with Gasteiger partial charge in [0.1, 0.15) is 5.76 Å².